The second kappa shape index (κ2) is 16.1. The molecule has 5 aromatic rings. The number of hydrogen-bond acceptors (Lipinski definition) is 10. The van der Waals surface area contributed by atoms with Crippen molar-refractivity contribution in [3.8, 4) is 45.4 Å². The van der Waals surface area contributed by atoms with Crippen molar-refractivity contribution in [2.24, 2.45) is 0 Å². The molecule has 0 radical (unpaired) electrons. The van der Waals surface area contributed by atoms with Crippen LogP contribution in [0, 0.1) is 0 Å². The van der Waals surface area contributed by atoms with Gasteiger partial charge in [0.2, 0.25) is 17.7 Å². The third-order valence-corrected chi connectivity index (χ3v) is 9.83. The van der Waals surface area contributed by atoms with Crippen molar-refractivity contribution in [2.45, 2.75) is 38.9 Å². The number of ether oxygens (including phenoxy) is 2. The fourth-order valence-electron chi connectivity index (χ4n) is 6.39. The Labute approximate surface area is 309 Å². The second-order valence-electron chi connectivity index (χ2n) is 12.2. The van der Waals surface area contributed by atoms with E-state index in [-0.39, 0.29) is 31.0 Å². The number of carboxylic acid groups (broad SMARTS) is 1. The summed E-state index contributed by atoms with van der Waals surface area (Å²) in [5, 5.41) is 27.6. The first-order valence-corrected chi connectivity index (χ1v) is 17.4. The molecule has 3 N–H and O–H groups in total. The van der Waals surface area contributed by atoms with Crippen molar-refractivity contribution in [3.63, 3.8) is 0 Å². The maximum Gasteiger partial charge on any atom is 0.407 e. The standard InChI is InChI=1S/C36H38Cl2N8O6/c1-21(48)44-14-10-24(11-15-44)45(36(49)50)19-22-7-8-28(41-34(22)51-2)27-6-4-5-25(31(27)37)26-9-12-40-33(32(26)38)23-17-29-35(52-3)42-30(18-39-13-16-47)43-46(29)20-23/h4-9,12,17,20,24,39,47H,10-11,13-16,18-19H2,1-3H3,(H,49,50). The van der Waals surface area contributed by atoms with Crippen molar-refractivity contribution >= 4 is 40.7 Å². The van der Waals surface area contributed by atoms with Crippen molar-refractivity contribution in [2.75, 3.05) is 40.5 Å². The number of halogens is 2. The van der Waals surface area contributed by atoms with Gasteiger partial charge in [-0.2, -0.15) is 10.1 Å². The summed E-state index contributed by atoms with van der Waals surface area (Å²) in [6, 6.07) is 12.5. The molecule has 1 aliphatic heterocycles. The number of likely N-dealkylation sites (tertiary alicyclic amines) is 1. The van der Waals surface area contributed by atoms with E-state index in [1.807, 2.05) is 24.3 Å². The van der Waals surface area contributed by atoms with Crippen LogP contribution in [0.15, 0.2) is 54.9 Å². The van der Waals surface area contributed by atoms with Crippen LogP contribution in [0.5, 0.6) is 11.8 Å². The van der Waals surface area contributed by atoms with E-state index in [9.17, 15) is 14.7 Å². The van der Waals surface area contributed by atoms with Crippen molar-refractivity contribution in [1.82, 2.24) is 39.7 Å². The largest absolute Gasteiger partial charge is 0.481 e. The van der Waals surface area contributed by atoms with Crippen LogP contribution in [0.2, 0.25) is 10.0 Å². The van der Waals surface area contributed by atoms with Crippen LogP contribution >= 0.6 is 23.2 Å². The Bertz CT molecular complexity index is 2100. The quantitative estimate of drug-likeness (QED) is 0.140. The smallest absolute Gasteiger partial charge is 0.407 e. The highest BCUT2D eigenvalue weighted by Gasteiger charge is 2.30. The zero-order chi connectivity index (χ0) is 36.9. The van der Waals surface area contributed by atoms with Gasteiger partial charge >= 0.3 is 6.09 Å². The molecule has 0 aliphatic carbocycles. The van der Waals surface area contributed by atoms with E-state index < -0.39 is 6.09 Å². The Morgan fingerprint density at radius 1 is 1.00 bits per heavy atom. The number of methoxy groups -OCH3 is 2. The molecule has 0 atom stereocenters. The first-order valence-electron chi connectivity index (χ1n) is 16.6. The molecule has 16 heteroatoms. The number of fused-ring (bicyclic) bond motifs is 1. The minimum atomic E-state index is -1.05. The number of aromatic nitrogens is 5. The molecule has 1 saturated heterocycles. The van der Waals surface area contributed by atoms with Gasteiger partial charge in [0.05, 0.1) is 55.3 Å². The van der Waals surface area contributed by atoms with Gasteiger partial charge in [0.1, 0.15) is 5.52 Å². The highest BCUT2D eigenvalue weighted by molar-refractivity contribution is 6.39. The Hall–Kier alpha value is -5.02. The van der Waals surface area contributed by atoms with Gasteiger partial charge in [-0.3, -0.25) is 9.78 Å². The number of amides is 2. The van der Waals surface area contributed by atoms with Gasteiger partial charge < -0.3 is 34.8 Å². The topological polar surface area (TPSA) is 168 Å². The third-order valence-electron chi connectivity index (χ3n) is 9.04. The number of rotatable bonds is 12. The minimum absolute atomic E-state index is 0.00405. The summed E-state index contributed by atoms with van der Waals surface area (Å²) in [5.74, 6) is 1.13. The fraction of sp³-hybridized carbons (Fsp3) is 0.333. The van der Waals surface area contributed by atoms with Crippen LogP contribution in [0.3, 0.4) is 0 Å². The number of nitrogens with one attached hydrogen (secondary N) is 1. The van der Waals surface area contributed by atoms with Crippen LogP contribution < -0.4 is 14.8 Å². The third kappa shape index (κ3) is 7.60. The van der Waals surface area contributed by atoms with E-state index in [4.69, 9.17) is 42.8 Å². The highest BCUT2D eigenvalue weighted by atomic mass is 35.5. The first-order chi connectivity index (χ1) is 25.1. The summed E-state index contributed by atoms with van der Waals surface area (Å²) in [4.78, 5) is 41.0. The van der Waals surface area contributed by atoms with Gasteiger partial charge in [-0.05, 0) is 37.1 Å². The van der Waals surface area contributed by atoms with Crippen molar-refractivity contribution < 1.29 is 29.3 Å². The molecular formula is C36H38Cl2N8O6. The van der Waals surface area contributed by atoms with Crippen LogP contribution in [0.1, 0.15) is 31.2 Å². The molecule has 4 aromatic heterocycles. The van der Waals surface area contributed by atoms with Crippen LogP contribution in [0.25, 0.3) is 39.2 Å². The number of nitrogens with zero attached hydrogens (tertiary/aromatic N) is 7. The molecule has 0 bridgehead atoms. The molecule has 14 nitrogen and oxygen atoms in total. The van der Waals surface area contributed by atoms with E-state index in [1.54, 1.807) is 40.0 Å². The number of pyridine rings is 2. The summed E-state index contributed by atoms with van der Waals surface area (Å²) in [7, 11) is 3.02. The number of aliphatic hydroxyl groups is 1. The zero-order valence-corrected chi connectivity index (χ0v) is 30.4. The van der Waals surface area contributed by atoms with Crippen LogP contribution in [-0.2, 0) is 17.9 Å². The Morgan fingerprint density at radius 2 is 1.73 bits per heavy atom. The van der Waals surface area contributed by atoms with Gasteiger partial charge in [-0.1, -0.05) is 41.4 Å². The van der Waals surface area contributed by atoms with E-state index in [1.165, 1.54) is 26.0 Å². The predicted molar refractivity (Wildman–Crippen MR) is 196 cm³/mol. The number of aliphatic hydroxyl groups excluding tert-OH is 1. The minimum Gasteiger partial charge on any atom is -0.481 e. The van der Waals surface area contributed by atoms with E-state index in [0.29, 0.717) is 105 Å². The highest BCUT2D eigenvalue weighted by Crippen LogP contribution is 2.42. The molecule has 5 heterocycles. The average molecular weight is 750 g/mol. The predicted octanol–water partition coefficient (Wildman–Crippen LogP) is 5.42. The Morgan fingerprint density at radius 3 is 2.42 bits per heavy atom. The number of piperidine rings is 1. The Kier molecular flexibility index (Phi) is 11.4. The molecule has 1 aromatic carbocycles. The van der Waals surface area contributed by atoms with Crippen LogP contribution in [0.4, 0.5) is 4.79 Å². The normalized spacial score (nSPS) is 13.4. The summed E-state index contributed by atoms with van der Waals surface area (Å²) >= 11 is 14.1. The molecule has 2 amide bonds. The molecule has 6 rings (SSSR count). The van der Waals surface area contributed by atoms with Gasteiger partial charge in [0.15, 0.2) is 5.82 Å². The Balaban J connectivity index is 1.29. The lowest BCUT2D eigenvalue weighted by Crippen LogP contribution is -2.47. The van der Waals surface area contributed by atoms with E-state index in [2.05, 4.69) is 20.4 Å². The number of carbonyl (C=O) groups is 2. The van der Waals surface area contributed by atoms with Gasteiger partial charge in [0, 0.05) is 72.8 Å². The molecule has 272 valence electrons. The molecule has 1 fully saturated rings. The molecule has 0 spiro atoms. The SMILES string of the molecule is COc1nc(-c2cccc(-c3ccnc(-c4cc5c(OC)nc(CNCCO)nn5c4)c3Cl)c2Cl)ccc1CN(C(=O)O)C1CCN(C(C)=O)CC1. The maximum absolute atomic E-state index is 12.3. The molecule has 0 unspecified atom stereocenters. The van der Waals surface area contributed by atoms with Crippen molar-refractivity contribution in [1.29, 1.82) is 0 Å². The van der Waals surface area contributed by atoms with Gasteiger partial charge in [-0.25, -0.2) is 14.3 Å². The zero-order valence-electron chi connectivity index (χ0n) is 28.8. The molecule has 1 aliphatic rings. The average Bonchev–Trinajstić information content (AvgIpc) is 3.58. The number of benzene rings is 1. The summed E-state index contributed by atoms with van der Waals surface area (Å²) in [5.41, 5.74) is 4.89. The maximum atomic E-state index is 12.3. The molecule has 0 saturated carbocycles. The number of hydrogen-bond donors (Lipinski definition) is 3. The first kappa shape index (κ1) is 36.8. The van der Waals surface area contributed by atoms with Gasteiger partial charge in [-0.15, -0.1) is 0 Å². The van der Waals surface area contributed by atoms with Gasteiger partial charge in [0.25, 0.3) is 0 Å². The summed E-state index contributed by atoms with van der Waals surface area (Å²) in [6.45, 7) is 3.36. The monoisotopic (exact) mass is 748 g/mol. The lowest BCUT2D eigenvalue weighted by atomic mass is 10.00. The lowest BCUT2D eigenvalue weighted by molar-refractivity contribution is -0.130. The summed E-state index contributed by atoms with van der Waals surface area (Å²) in [6.07, 6.45) is 3.51. The summed E-state index contributed by atoms with van der Waals surface area (Å²) < 4.78 is 12.8. The molecular weight excluding hydrogens is 711 g/mol. The number of carbonyl (C=O) groups excluding carboxylic acids is 1. The van der Waals surface area contributed by atoms with E-state index >= 15 is 0 Å². The van der Waals surface area contributed by atoms with E-state index in [0.717, 1.165) is 0 Å². The van der Waals surface area contributed by atoms with Crippen molar-refractivity contribution in [3.05, 3.63) is 76.3 Å². The fourth-order valence-corrected chi connectivity index (χ4v) is 7.03. The second-order valence-corrected chi connectivity index (χ2v) is 13.0. The lowest BCUT2D eigenvalue weighted by Gasteiger charge is -2.37. The van der Waals surface area contributed by atoms with Crippen LogP contribution in [-0.4, -0.2) is 103 Å². The molecule has 52 heavy (non-hydrogen) atoms.